The van der Waals surface area contributed by atoms with Crippen molar-refractivity contribution in [3.63, 3.8) is 0 Å². The first-order chi connectivity index (χ1) is 6.08. The van der Waals surface area contributed by atoms with E-state index >= 15 is 0 Å². The lowest BCUT2D eigenvalue weighted by molar-refractivity contribution is 0.377. The van der Waals surface area contributed by atoms with Crippen molar-refractivity contribution in [2.24, 2.45) is 0 Å². The highest BCUT2D eigenvalue weighted by molar-refractivity contribution is 6.80. The Labute approximate surface area is 83.1 Å². The highest BCUT2D eigenvalue weighted by atomic mass is 28.3. The van der Waals surface area contributed by atoms with Gasteiger partial charge in [0.05, 0.1) is 8.07 Å². The Bertz CT molecular complexity index is 203. The summed E-state index contributed by atoms with van der Waals surface area (Å²) in [5.74, 6) is 0. The largest absolute Gasteiger partial charge is 0.299 e. The van der Waals surface area contributed by atoms with E-state index in [9.17, 15) is 0 Å². The van der Waals surface area contributed by atoms with E-state index in [2.05, 4.69) is 42.0 Å². The molecule has 1 heterocycles. The summed E-state index contributed by atoms with van der Waals surface area (Å²) in [5.41, 5.74) is 5.60. The van der Waals surface area contributed by atoms with Crippen LogP contribution in [-0.4, -0.2) is 32.6 Å². The normalized spacial score (nSPS) is 18.4. The van der Waals surface area contributed by atoms with Gasteiger partial charge in [0.25, 0.3) is 0 Å². The third kappa shape index (κ3) is 5.09. The first-order valence-electron chi connectivity index (χ1n) is 5.22. The van der Waals surface area contributed by atoms with Crippen LogP contribution in [0.1, 0.15) is 12.8 Å². The van der Waals surface area contributed by atoms with Crippen LogP contribution in [0.25, 0.3) is 0 Å². The molecule has 0 spiro atoms. The number of nitrogens with zero attached hydrogens (tertiary/aromatic N) is 1. The second-order valence-corrected chi connectivity index (χ2v) is 9.91. The summed E-state index contributed by atoms with van der Waals surface area (Å²) in [5, 5.41) is 0. The molecular formula is C11H21NSi. The molecule has 0 aromatic heterocycles. The van der Waals surface area contributed by atoms with Crippen LogP contribution >= 0.6 is 0 Å². The Balaban J connectivity index is 2.28. The molecule has 1 nitrogen and oxygen atoms in total. The van der Waals surface area contributed by atoms with Crippen LogP contribution in [0.3, 0.4) is 0 Å². The van der Waals surface area contributed by atoms with Gasteiger partial charge in [-0.3, -0.25) is 4.90 Å². The Kier molecular flexibility index (Phi) is 3.98. The van der Waals surface area contributed by atoms with E-state index in [0.717, 1.165) is 6.54 Å². The Hall–Kier alpha value is -0.303. The maximum absolute atomic E-state index is 3.32. The molecule has 1 aliphatic rings. The van der Waals surface area contributed by atoms with Crippen molar-refractivity contribution in [3.8, 4) is 0 Å². The van der Waals surface area contributed by atoms with Crippen LogP contribution in [0.5, 0.6) is 0 Å². The summed E-state index contributed by atoms with van der Waals surface area (Å²) in [6, 6.07) is 0. The van der Waals surface area contributed by atoms with Crippen molar-refractivity contribution in [2.75, 3.05) is 19.6 Å². The molecule has 0 amide bonds. The highest BCUT2D eigenvalue weighted by Gasteiger charge is 2.09. The van der Waals surface area contributed by atoms with Gasteiger partial charge >= 0.3 is 0 Å². The first kappa shape index (κ1) is 10.8. The second kappa shape index (κ2) is 4.80. The minimum Gasteiger partial charge on any atom is -0.299 e. The smallest absolute Gasteiger partial charge is 0.0781 e. The van der Waals surface area contributed by atoms with Gasteiger partial charge in [-0.25, -0.2) is 0 Å². The van der Waals surface area contributed by atoms with Crippen LogP contribution in [0, 0.1) is 0 Å². The summed E-state index contributed by atoms with van der Waals surface area (Å²) in [7, 11) is -1.02. The van der Waals surface area contributed by atoms with Crippen LogP contribution in [-0.2, 0) is 0 Å². The molecule has 1 aliphatic heterocycles. The molecule has 0 aliphatic carbocycles. The zero-order valence-electron chi connectivity index (χ0n) is 9.14. The zero-order chi connectivity index (χ0) is 9.73. The number of rotatable bonds is 3. The van der Waals surface area contributed by atoms with E-state index in [1.807, 2.05) is 0 Å². The van der Waals surface area contributed by atoms with Gasteiger partial charge in [0.15, 0.2) is 0 Å². The maximum Gasteiger partial charge on any atom is 0.0781 e. The highest BCUT2D eigenvalue weighted by Crippen LogP contribution is 2.06. The van der Waals surface area contributed by atoms with Crippen molar-refractivity contribution in [1.82, 2.24) is 4.90 Å². The fourth-order valence-corrected chi connectivity index (χ4v) is 2.07. The van der Waals surface area contributed by atoms with Crippen LogP contribution < -0.4 is 0 Å². The van der Waals surface area contributed by atoms with Gasteiger partial charge in [0.2, 0.25) is 0 Å². The van der Waals surface area contributed by atoms with E-state index in [4.69, 9.17) is 0 Å². The average Bonchev–Trinajstić information content (AvgIpc) is 2.48. The third-order valence-corrected chi connectivity index (χ3v) is 3.22. The predicted molar refractivity (Wildman–Crippen MR) is 61.7 cm³/mol. The lowest BCUT2D eigenvalue weighted by atomic mass is 10.4. The summed E-state index contributed by atoms with van der Waals surface area (Å²) >= 11 is 0. The third-order valence-electron chi connectivity index (χ3n) is 2.18. The number of likely N-dealkylation sites (tertiary alicyclic amines) is 1. The molecule has 0 atom stereocenters. The van der Waals surface area contributed by atoms with Gasteiger partial charge in [-0.15, -0.1) is 5.73 Å². The van der Waals surface area contributed by atoms with Crippen LogP contribution in [0.4, 0.5) is 0 Å². The Morgan fingerprint density at radius 2 is 1.85 bits per heavy atom. The fourth-order valence-electron chi connectivity index (χ4n) is 1.46. The van der Waals surface area contributed by atoms with Crippen molar-refractivity contribution >= 4 is 8.07 Å². The van der Waals surface area contributed by atoms with E-state index in [1.54, 1.807) is 0 Å². The molecule has 1 rings (SSSR count). The van der Waals surface area contributed by atoms with Gasteiger partial charge in [-0.2, -0.15) is 0 Å². The molecule has 1 fully saturated rings. The maximum atomic E-state index is 3.32. The fraction of sp³-hybridized carbons (Fsp3) is 0.727. The van der Waals surface area contributed by atoms with Crippen molar-refractivity contribution < 1.29 is 0 Å². The van der Waals surface area contributed by atoms with E-state index in [-0.39, 0.29) is 0 Å². The van der Waals surface area contributed by atoms with E-state index < -0.39 is 8.07 Å². The van der Waals surface area contributed by atoms with E-state index in [1.165, 1.54) is 25.9 Å². The standard InChI is InChI=1S/C11H21NSi/c1-13(2,3)11-7-6-10-12-8-4-5-9-12/h6,11H,4-5,8-10H2,1-3H3. The van der Waals surface area contributed by atoms with Gasteiger partial charge in [-0.05, 0) is 32.0 Å². The van der Waals surface area contributed by atoms with Gasteiger partial charge in [0, 0.05) is 6.54 Å². The lowest BCUT2D eigenvalue weighted by Gasteiger charge is -2.09. The molecule has 0 aromatic carbocycles. The van der Waals surface area contributed by atoms with Crippen molar-refractivity contribution in [1.29, 1.82) is 0 Å². The van der Waals surface area contributed by atoms with Crippen LogP contribution in [0.2, 0.25) is 19.6 Å². The lowest BCUT2D eigenvalue weighted by Crippen LogP contribution is -2.18. The van der Waals surface area contributed by atoms with Crippen LogP contribution in [0.15, 0.2) is 17.5 Å². The molecule has 0 radical (unpaired) electrons. The summed E-state index contributed by atoms with van der Waals surface area (Å²) in [6.45, 7) is 10.7. The molecule has 1 saturated heterocycles. The van der Waals surface area contributed by atoms with Crippen molar-refractivity contribution in [3.05, 3.63) is 17.5 Å². The van der Waals surface area contributed by atoms with Gasteiger partial charge in [0.1, 0.15) is 0 Å². The molecule has 2 heteroatoms. The average molecular weight is 195 g/mol. The molecule has 74 valence electrons. The molecular weight excluding hydrogens is 174 g/mol. The number of hydrogen-bond acceptors (Lipinski definition) is 1. The molecule has 13 heavy (non-hydrogen) atoms. The van der Waals surface area contributed by atoms with Gasteiger partial charge < -0.3 is 0 Å². The van der Waals surface area contributed by atoms with Gasteiger partial charge in [-0.1, -0.05) is 25.3 Å². The Morgan fingerprint density at radius 1 is 1.23 bits per heavy atom. The van der Waals surface area contributed by atoms with E-state index in [0.29, 0.717) is 0 Å². The predicted octanol–water partition coefficient (Wildman–Crippen LogP) is 2.67. The summed E-state index contributed by atoms with van der Waals surface area (Å²) < 4.78 is 0. The monoisotopic (exact) mass is 195 g/mol. The quantitative estimate of drug-likeness (QED) is 0.494. The summed E-state index contributed by atoms with van der Waals surface area (Å²) in [6.07, 6.45) is 4.95. The molecule has 0 aromatic rings. The summed E-state index contributed by atoms with van der Waals surface area (Å²) in [4.78, 5) is 2.49. The molecule has 0 N–H and O–H groups in total. The molecule has 0 bridgehead atoms. The topological polar surface area (TPSA) is 3.24 Å². The Morgan fingerprint density at radius 3 is 2.38 bits per heavy atom. The second-order valence-electron chi connectivity index (χ2n) is 4.89. The first-order valence-corrected chi connectivity index (χ1v) is 8.80. The minimum absolute atomic E-state index is 1.02. The number of hydrogen-bond donors (Lipinski definition) is 0. The molecule has 0 saturated carbocycles. The zero-order valence-corrected chi connectivity index (χ0v) is 10.1. The molecule has 0 unspecified atom stereocenters. The van der Waals surface area contributed by atoms with Crippen molar-refractivity contribution in [2.45, 2.75) is 32.5 Å². The SMILES string of the molecule is C[Si](C)(C)C=C=CCN1CCCC1. The minimum atomic E-state index is -1.02.